The van der Waals surface area contributed by atoms with Crippen LogP contribution in [0.1, 0.15) is 44.7 Å². The third-order valence-corrected chi connectivity index (χ3v) is 6.31. The lowest BCUT2D eigenvalue weighted by Gasteiger charge is -2.26. The minimum absolute atomic E-state index is 0.0396. The van der Waals surface area contributed by atoms with Crippen molar-refractivity contribution in [1.82, 2.24) is 10.2 Å². The zero-order valence-electron chi connectivity index (χ0n) is 19.3. The number of piperidine rings is 1. The number of likely N-dealkylation sites (tertiary alicyclic amines) is 1. The summed E-state index contributed by atoms with van der Waals surface area (Å²) < 4.78 is 11.9. The first kappa shape index (κ1) is 23.4. The number of ether oxygens (including phenoxy) is 2. The van der Waals surface area contributed by atoms with E-state index >= 15 is 0 Å². The summed E-state index contributed by atoms with van der Waals surface area (Å²) in [5.74, 6) is 2.02. The van der Waals surface area contributed by atoms with Crippen LogP contribution in [-0.2, 0) is 4.79 Å². The molecule has 1 aliphatic rings. The number of carbonyl (C=O) groups is 1. The number of benzene rings is 3. The Morgan fingerprint density at radius 3 is 2.48 bits per heavy atom. The maximum absolute atomic E-state index is 11.3. The van der Waals surface area contributed by atoms with Crippen molar-refractivity contribution in [3.63, 3.8) is 0 Å². The minimum Gasteiger partial charge on any atom is -0.492 e. The molecule has 1 fully saturated rings. The zero-order chi connectivity index (χ0) is 23.2. The van der Waals surface area contributed by atoms with Crippen LogP contribution in [0.3, 0.4) is 0 Å². The van der Waals surface area contributed by atoms with Crippen molar-refractivity contribution < 1.29 is 14.3 Å². The smallest absolute Gasteiger partial charge is 0.217 e. The highest BCUT2D eigenvalue weighted by Gasteiger charge is 2.11. The maximum Gasteiger partial charge on any atom is 0.217 e. The van der Waals surface area contributed by atoms with Crippen molar-refractivity contribution in [2.75, 3.05) is 26.2 Å². The molecule has 5 nitrogen and oxygen atoms in total. The minimum atomic E-state index is -0.0401. The predicted molar refractivity (Wildman–Crippen MR) is 133 cm³/mol. The molecule has 0 spiro atoms. The Bertz CT molecular complexity index is 1110. The molecule has 0 aliphatic carbocycles. The second-order valence-electron chi connectivity index (χ2n) is 8.64. The van der Waals surface area contributed by atoms with Crippen molar-refractivity contribution in [3.8, 4) is 17.2 Å². The van der Waals surface area contributed by atoms with Gasteiger partial charge >= 0.3 is 0 Å². The van der Waals surface area contributed by atoms with E-state index in [1.54, 1.807) is 0 Å². The second kappa shape index (κ2) is 10.9. The quantitative estimate of drug-likeness (QED) is 0.420. The number of hydrogen-bond acceptors (Lipinski definition) is 4. The first-order chi connectivity index (χ1) is 16.0. The molecule has 0 saturated carbocycles. The van der Waals surface area contributed by atoms with Crippen LogP contribution in [0.5, 0.6) is 17.2 Å². The summed E-state index contributed by atoms with van der Waals surface area (Å²) in [5.41, 5.74) is 1.06. The molecule has 3 aromatic carbocycles. The van der Waals surface area contributed by atoms with Crippen LogP contribution in [0, 0.1) is 0 Å². The molecule has 1 aliphatic heterocycles. The Labute approximate surface area is 200 Å². The van der Waals surface area contributed by atoms with Crippen LogP contribution in [0.25, 0.3) is 10.8 Å². The second-order valence-corrected chi connectivity index (χ2v) is 9.04. The molecule has 1 atom stereocenters. The van der Waals surface area contributed by atoms with E-state index in [0.29, 0.717) is 23.1 Å². The highest BCUT2D eigenvalue weighted by Crippen LogP contribution is 2.34. The molecule has 1 amide bonds. The molecular weight excluding hydrogens is 436 g/mol. The first-order valence-corrected chi connectivity index (χ1v) is 12.0. The Morgan fingerprint density at radius 1 is 1.00 bits per heavy atom. The molecule has 1 saturated heterocycles. The summed E-state index contributed by atoms with van der Waals surface area (Å²) in [5, 5.41) is 5.57. The summed E-state index contributed by atoms with van der Waals surface area (Å²) in [6, 6.07) is 17.6. The van der Waals surface area contributed by atoms with E-state index in [4.69, 9.17) is 21.1 Å². The number of halogens is 1. The Morgan fingerprint density at radius 2 is 1.73 bits per heavy atom. The number of nitrogens with zero attached hydrogens (tertiary/aromatic N) is 1. The van der Waals surface area contributed by atoms with Crippen molar-refractivity contribution in [2.45, 2.75) is 39.2 Å². The normalized spacial score (nSPS) is 15.2. The number of rotatable bonds is 8. The number of nitrogens with one attached hydrogen (secondary N) is 1. The maximum atomic E-state index is 11.3. The van der Waals surface area contributed by atoms with E-state index in [2.05, 4.69) is 16.3 Å². The van der Waals surface area contributed by atoms with Crippen molar-refractivity contribution in [1.29, 1.82) is 0 Å². The lowest BCUT2D eigenvalue weighted by molar-refractivity contribution is -0.119. The lowest BCUT2D eigenvalue weighted by Crippen LogP contribution is -2.33. The SMILES string of the molecule is CC(=O)NC(C)c1ccc2cc(Oc3ccc(OCCN4CCCCC4)cc3Cl)ccc2c1. The molecule has 4 rings (SSSR count). The Hall–Kier alpha value is -2.76. The van der Waals surface area contributed by atoms with Gasteiger partial charge in [-0.3, -0.25) is 9.69 Å². The van der Waals surface area contributed by atoms with Crippen LogP contribution in [0.4, 0.5) is 0 Å². The summed E-state index contributed by atoms with van der Waals surface area (Å²) in [7, 11) is 0. The molecule has 0 bridgehead atoms. The first-order valence-electron chi connectivity index (χ1n) is 11.6. The van der Waals surface area contributed by atoms with Gasteiger partial charge in [0.15, 0.2) is 0 Å². The third kappa shape index (κ3) is 6.40. The van der Waals surface area contributed by atoms with Crippen molar-refractivity contribution in [2.24, 2.45) is 0 Å². The summed E-state index contributed by atoms with van der Waals surface area (Å²) >= 11 is 6.47. The molecular formula is C27H31ClN2O3. The van der Waals surface area contributed by atoms with Gasteiger partial charge in [-0.25, -0.2) is 0 Å². The molecule has 6 heteroatoms. The highest BCUT2D eigenvalue weighted by molar-refractivity contribution is 6.32. The number of hydrogen-bond donors (Lipinski definition) is 1. The lowest BCUT2D eigenvalue weighted by atomic mass is 10.0. The number of carbonyl (C=O) groups excluding carboxylic acids is 1. The van der Waals surface area contributed by atoms with Crippen LogP contribution in [0.15, 0.2) is 54.6 Å². The van der Waals surface area contributed by atoms with Gasteiger partial charge in [0.2, 0.25) is 5.91 Å². The van der Waals surface area contributed by atoms with E-state index in [-0.39, 0.29) is 11.9 Å². The Balaban J connectivity index is 1.38. The summed E-state index contributed by atoms with van der Waals surface area (Å²) in [4.78, 5) is 13.8. The molecule has 0 radical (unpaired) electrons. The zero-order valence-corrected chi connectivity index (χ0v) is 20.0. The fraction of sp³-hybridized carbons (Fsp3) is 0.370. The van der Waals surface area contributed by atoms with E-state index < -0.39 is 0 Å². The molecule has 0 aromatic heterocycles. The van der Waals surface area contributed by atoms with Gasteiger partial charge in [-0.15, -0.1) is 0 Å². The summed E-state index contributed by atoms with van der Waals surface area (Å²) in [6.07, 6.45) is 3.90. The van der Waals surface area contributed by atoms with Gasteiger partial charge in [-0.1, -0.05) is 36.2 Å². The van der Waals surface area contributed by atoms with E-state index in [1.165, 1.54) is 26.2 Å². The summed E-state index contributed by atoms with van der Waals surface area (Å²) in [6.45, 7) is 7.43. The van der Waals surface area contributed by atoms with Crippen LogP contribution in [0.2, 0.25) is 5.02 Å². The van der Waals surface area contributed by atoms with E-state index in [9.17, 15) is 4.79 Å². The van der Waals surface area contributed by atoms with Gasteiger partial charge in [-0.2, -0.15) is 0 Å². The fourth-order valence-electron chi connectivity index (χ4n) is 4.22. The van der Waals surface area contributed by atoms with E-state index in [1.807, 2.05) is 55.5 Å². The molecule has 33 heavy (non-hydrogen) atoms. The molecule has 1 N–H and O–H groups in total. The average molecular weight is 467 g/mol. The highest BCUT2D eigenvalue weighted by atomic mass is 35.5. The number of amides is 1. The van der Waals surface area contributed by atoms with E-state index in [0.717, 1.165) is 41.7 Å². The molecule has 1 heterocycles. The monoisotopic (exact) mass is 466 g/mol. The largest absolute Gasteiger partial charge is 0.492 e. The van der Waals surface area contributed by atoms with Gasteiger partial charge in [0.05, 0.1) is 11.1 Å². The standard InChI is InChI=1S/C27H31ClN2O3/c1-19(29-20(2)31)21-6-7-23-17-25(9-8-22(23)16-21)33-27-11-10-24(18-26(27)28)32-15-14-30-12-4-3-5-13-30/h6-11,16-19H,3-5,12-15H2,1-2H3,(H,29,31). The fourth-order valence-corrected chi connectivity index (χ4v) is 4.43. The Kier molecular flexibility index (Phi) is 7.73. The van der Waals surface area contributed by atoms with Crippen LogP contribution < -0.4 is 14.8 Å². The van der Waals surface area contributed by atoms with Crippen LogP contribution >= 0.6 is 11.6 Å². The molecule has 1 unspecified atom stereocenters. The van der Waals surface area contributed by atoms with Crippen molar-refractivity contribution >= 4 is 28.3 Å². The number of fused-ring (bicyclic) bond motifs is 1. The van der Waals surface area contributed by atoms with Crippen molar-refractivity contribution in [3.05, 3.63) is 65.2 Å². The molecule has 174 valence electrons. The average Bonchev–Trinajstić information content (AvgIpc) is 2.80. The van der Waals surface area contributed by atoms with Gasteiger partial charge < -0.3 is 14.8 Å². The molecule has 3 aromatic rings. The third-order valence-electron chi connectivity index (χ3n) is 6.01. The van der Waals surface area contributed by atoms with Gasteiger partial charge in [0.25, 0.3) is 0 Å². The van der Waals surface area contributed by atoms with Gasteiger partial charge in [0.1, 0.15) is 23.9 Å². The van der Waals surface area contributed by atoms with Crippen LogP contribution in [-0.4, -0.2) is 37.0 Å². The topological polar surface area (TPSA) is 50.8 Å². The van der Waals surface area contributed by atoms with Gasteiger partial charge in [0, 0.05) is 19.5 Å². The van der Waals surface area contributed by atoms with Gasteiger partial charge in [-0.05, 0) is 79.5 Å². The predicted octanol–water partition coefficient (Wildman–Crippen LogP) is 6.35.